The monoisotopic (exact) mass is 280 g/mol. The van der Waals surface area contributed by atoms with Crippen molar-refractivity contribution in [2.75, 3.05) is 0 Å². The van der Waals surface area contributed by atoms with E-state index in [1.807, 2.05) is 30.3 Å². The van der Waals surface area contributed by atoms with E-state index < -0.39 is 0 Å². The summed E-state index contributed by atoms with van der Waals surface area (Å²) in [7, 11) is 0. The molecule has 92 valence electrons. The molecule has 2 rings (SSSR count). The molecule has 1 aromatic heterocycles. The summed E-state index contributed by atoms with van der Waals surface area (Å²) in [5.41, 5.74) is 2.66. The Morgan fingerprint density at radius 3 is 2.61 bits per heavy atom. The minimum absolute atomic E-state index is 0.318. The van der Waals surface area contributed by atoms with Crippen LogP contribution < -0.4 is 0 Å². The molecule has 18 heavy (non-hydrogen) atoms. The molecular formula is C13H10Cl2N2O. The van der Waals surface area contributed by atoms with Crippen LogP contribution in [-0.4, -0.2) is 11.4 Å². The molecule has 0 aliphatic heterocycles. The van der Waals surface area contributed by atoms with Gasteiger partial charge >= 0.3 is 0 Å². The standard InChI is InChI=1S/C13H10Cl2N2O/c14-12-6-5-11(13(15)17-12)10-4-2-1-3-9(10)7-18-8-16/h1-6,8,16H,7H2. The molecule has 0 atom stereocenters. The van der Waals surface area contributed by atoms with Crippen molar-refractivity contribution in [2.24, 2.45) is 0 Å². The number of hydrogen-bond acceptors (Lipinski definition) is 3. The van der Waals surface area contributed by atoms with Gasteiger partial charge in [-0.15, -0.1) is 0 Å². The highest BCUT2D eigenvalue weighted by atomic mass is 35.5. The molecule has 2 aromatic rings. The molecule has 0 amide bonds. The number of aromatic nitrogens is 1. The zero-order valence-electron chi connectivity index (χ0n) is 9.36. The van der Waals surface area contributed by atoms with Crippen molar-refractivity contribution < 1.29 is 4.74 Å². The van der Waals surface area contributed by atoms with Crippen LogP contribution in [0.25, 0.3) is 11.1 Å². The smallest absolute Gasteiger partial charge is 0.167 e. The van der Waals surface area contributed by atoms with Gasteiger partial charge in [0.1, 0.15) is 16.9 Å². The highest BCUT2D eigenvalue weighted by molar-refractivity contribution is 6.34. The second-order valence-electron chi connectivity index (χ2n) is 3.56. The third-order valence-electron chi connectivity index (χ3n) is 2.44. The zero-order valence-corrected chi connectivity index (χ0v) is 10.9. The molecule has 0 aliphatic rings. The third kappa shape index (κ3) is 2.81. The van der Waals surface area contributed by atoms with E-state index in [1.54, 1.807) is 6.07 Å². The summed E-state index contributed by atoms with van der Waals surface area (Å²) in [4.78, 5) is 4.02. The Kier molecular flexibility index (Phi) is 4.18. The van der Waals surface area contributed by atoms with Crippen LogP contribution in [0.15, 0.2) is 36.4 Å². The molecule has 1 heterocycles. The van der Waals surface area contributed by atoms with Crippen LogP contribution in [0.4, 0.5) is 0 Å². The van der Waals surface area contributed by atoms with E-state index in [-0.39, 0.29) is 0 Å². The Morgan fingerprint density at radius 1 is 1.11 bits per heavy atom. The number of rotatable bonds is 4. The summed E-state index contributed by atoms with van der Waals surface area (Å²) in [6, 6.07) is 11.2. The first-order chi connectivity index (χ1) is 8.72. The summed E-state index contributed by atoms with van der Waals surface area (Å²) in [5, 5.41) is 7.60. The van der Waals surface area contributed by atoms with Gasteiger partial charge in [0.05, 0.1) is 0 Å². The first-order valence-electron chi connectivity index (χ1n) is 5.23. The Labute approximate surface area is 115 Å². The number of ether oxygens (including phenoxy) is 1. The average molecular weight is 281 g/mol. The lowest BCUT2D eigenvalue weighted by Gasteiger charge is -2.10. The first kappa shape index (κ1) is 12.9. The molecular weight excluding hydrogens is 271 g/mol. The van der Waals surface area contributed by atoms with Gasteiger partial charge in [0.15, 0.2) is 6.40 Å². The largest absolute Gasteiger partial charge is 0.479 e. The first-order valence-corrected chi connectivity index (χ1v) is 5.99. The van der Waals surface area contributed by atoms with E-state index in [0.717, 1.165) is 23.1 Å². The number of halogens is 2. The maximum atomic E-state index is 6.89. The molecule has 0 radical (unpaired) electrons. The van der Waals surface area contributed by atoms with Crippen molar-refractivity contribution in [1.29, 1.82) is 5.41 Å². The summed E-state index contributed by atoms with van der Waals surface area (Å²) >= 11 is 11.9. The number of pyridine rings is 1. The number of nitrogens with one attached hydrogen (secondary N) is 1. The minimum Gasteiger partial charge on any atom is -0.479 e. The maximum absolute atomic E-state index is 6.89. The van der Waals surface area contributed by atoms with Crippen molar-refractivity contribution in [1.82, 2.24) is 4.98 Å². The summed E-state index contributed by atoms with van der Waals surface area (Å²) in [6.07, 6.45) is 0.915. The van der Waals surface area contributed by atoms with Crippen LogP contribution in [0.2, 0.25) is 10.3 Å². The molecule has 3 nitrogen and oxygen atoms in total. The lowest BCUT2D eigenvalue weighted by Crippen LogP contribution is -1.94. The highest BCUT2D eigenvalue weighted by Crippen LogP contribution is 2.30. The maximum Gasteiger partial charge on any atom is 0.167 e. The summed E-state index contributed by atoms with van der Waals surface area (Å²) in [5.74, 6) is 0. The van der Waals surface area contributed by atoms with E-state index in [9.17, 15) is 0 Å². The predicted molar refractivity (Wildman–Crippen MR) is 73.3 cm³/mol. The second kappa shape index (κ2) is 5.85. The van der Waals surface area contributed by atoms with Gasteiger partial charge in [-0.3, -0.25) is 5.41 Å². The molecule has 0 unspecified atom stereocenters. The van der Waals surface area contributed by atoms with Gasteiger partial charge in [-0.25, -0.2) is 4.98 Å². The van der Waals surface area contributed by atoms with Crippen molar-refractivity contribution in [3.05, 3.63) is 52.3 Å². The van der Waals surface area contributed by atoms with Crippen LogP contribution in [0, 0.1) is 5.41 Å². The van der Waals surface area contributed by atoms with Gasteiger partial charge in [0.25, 0.3) is 0 Å². The molecule has 0 spiro atoms. The predicted octanol–water partition coefficient (Wildman–Crippen LogP) is 4.18. The summed E-state index contributed by atoms with van der Waals surface area (Å²) in [6.45, 7) is 0.318. The van der Waals surface area contributed by atoms with Gasteiger partial charge in [-0.05, 0) is 23.3 Å². The molecule has 1 aromatic carbocycles. The molecule has 0 bridgehead atoms. The van der Waals surface area contributed by atoms with E-state index >= 15 is 0 Å². The van der Waals surface area contributed by atoms with Crippen molar-refractivity contribution in [3.8, 4) is 11.1 Å². The van der Waals surface area contributed by atoms with Crippen LogP contribution in [-0.2, 0) is 11.3 Å². The number of nitrogens with zero attached hydrogens (tertiary/aromatic N) is 1. The Bertz CT molecular complexity index is 573. The van der Waals surface area contributed by atoms with E-state index in [2.05, 4.69) is 4.98 Å². The molecule has 0 aliphatic carbocycles. The average Bonchev–Trinajstić information content (AvgIpc) is 2.37. The van der Waals surface area contributed by atoms with E-state index in [4.69, 9.17) is 33.3 Å². The molecule has 1 N–H and O–H groups in total. The van der Waals surface area contributed by atoms with Crippen molar-refractivity contribution >= 4 is 29.6 Å². The second-order valence-corrected chi connectivity index (χ2v) is 4.30. The fourth-order valence-corrected chi connectivity index (χ4v) is 2.10. The highest BCUT2D eigenvalue weighted by Gasteiger charge is 2.09. The normalized spacial score (nSPS) is 10.1. The topological polar surface area (TPSA) is 46.0 Å². The van der Waals surface area contributed by atoms with Gasteiger partial charge < -0.3 is 4.74 Å². The van der Waals surface area contributed by atoms with E-state index in [1.165, 1.54) is 0 Å². The van der Waals surface area contributed by atoms with Crippen LogP contribution in [0.3, 0.4) is 0 Å². The van der Waals surface area contributed by atoms with Crippen molar-refractivity contribution in [2.45, 2.75) is 6.61 Å². The zero-order chi connectivity index (χ0) is 13.0. The SMILES string of the molecule is N=COCc1ccccc1-c1ccc(Cl)nc1Cl. The van der Waals surface area contributed by atoms with E-state index in [0.29, 0.717) is 16.9 Å². The minimum atomic E-state index is 0.318. The third-order valence-corrected chi connectivity index (χ3v) is 2.94. The quantitative estimate of drug-likeness (QED) is 0.519. The van der Waals surface area contributed by atoms with Gasteiger partial charge in [-0.2, -0.15) is 0 Å². The van der Waals surface area contributed by atoms with Gasteiger partial charge in [-0.1, -0.05) is 47.5 Å². The van der Waals surface area contributed by atoms with Crippen LogP contribution >= 0.6 is 23.2 Å². The number of hydrogen-bond donors (Lipinski definition) is 1. The summed E-state index contributed by atoms with van der Waals surface area (Å²) < 4.78 is 5.00. The fraction of sp³-hybridized carbons (Fsp3) is 0.0769. The molecule has 0 fully saturated rings. The Morgan fingerprint density at radius 2 is 1.89 bits per heavy atom. The lowest BCUT2D eigenvalue weighted by atomic mass is 10.0. The Balaban J connectivity index is 2.46. The molecule has 0 saturated heterocycles. The fourth-order valence-electron chi connectivity index (χ4n) is 1.65. The van der Waals surface area contributed by atoms with Gasteiger partial charge in [0, 0.05) is 5.56 Å². The van der Waals surface area contributed by atoms with Crippen LogP contribution in [0.5, 0.6) is 0 Å². The number of benzene rings is 1. The van der Waals surface area contributed by atoms with Crippen LogP contribution in [0.1, 0.15) is 5.56 Å². The lowest BCUT2D eigenvalue weighted by molar-refractivity contribution is 0.306. The van der Waals surface area contributed by atoms with Gasteiger partial charge in [0.2, 0.25) is 0 Å². The molecule has 0 saturated carbocycles. The Hall–Kier alpha value is -1.58. The van der Waals surface area contributed by atoms with Crippen molar-refractivity contribution in [3.63, 3.8) is 0 Å². The molecule has 5 heteroatoms.